The predicted octanol–water partition coefficient (Wildman–Crippen LogP) is 1.25. The molecule has 0 saturated heterocycles. The highest BCUT2D eigenvalue weighted by atomic mass is 32.1. The average molecular weight is 180 g/mol. The van der Waals surface area contributed by atoms with E-state index in [1.54, 1.807) is 0 Å². The molecule has 2 aromatic heterocycles. The van der Waals surface area contributed by atoms with Crippen molar-refractivity contribution in [2.24, 2.45) is 7.05 Å². The predicted molar refractivity (Wildman–Crippen MR) is 46.8 cm³/mol. The van der Waals surface area contributed by atoms with Crippen LogP contribution in [0.4, 0.5) is 0 Å². The van der Waals surface area contributed by atoms with Crippen LogP contribution in [-0.2, 0) is 7.05 Å². The van der Waals surface area contributed by atoms with Gasteiger partial charge in [0.05, 0.1) is 0 Å². The number of hydrogen-bond donors (Lipinski definition) is 0. The summed E-state index contributed by atoms with van der Waals surface area (Å²) in [4.78, 5) is 0. The number of rotatable bonds is 1. The van der Waals surface area contributed by atoms with Crippen LogP contribution in [-0.4, -0.2) is 19.4 Å². The molecule has 0 aromatic carbocycles. The number of nitrogens with zero attached hydrogens (tertiary/aromatic N) is 4. The molecule has 12 heavy (non-hydrogen) atoms. The molecule has 0 N–H and O–H groups in total. The van der Waals surface area contributed by atoms with E-state index in [9.17, 15) is 0 Å². The minimum atomic E-state index is 0.851. The second kappa shape index (κ2) is 2.67. The molecule has 0 atom stereocenters. The Balaban J connectivity index is 2.48. The molecule has 0 bridgehead atoms. The smallest absolute Gasteiger partial charge is 0.126 e. The lowest BCUT2D eigenvalue weighted by molar-refractivity contribution is 0.742. The third-order valence-corrected chi connectivity index (χ3v) is 2.24. The Morgan fingerprint density at radius 3 is 2.75 bits per heavy atom. The van der Waals surface area contributed by atoms with Gasteiger partial charge >= 0.3 is 0 Å². The molecule has 0 unspecified atom stereocenters. The number of aromatic nitrogens is 4. The molecule has 0 radical (unpaired) electrons. The first-order chi connectivity index (χ1) is 5.77. The van der Waals surface area contributed by atoms with Gasteiger partial charge in [0.1, 0.15) is 11.4 Å². The molecule has 62 valence electrons. The van der Waals surface area contributed by atoms with Crippen LogP contribution < -0.4 is 0 Å². The fraction of sp³-hybridized carbons (Fsp3) is 0.286. The average Bonchev–Trinajstić information content (AvgIpc) is 2.61. The molecule has 0 aliphatic heterocycles. The van der Waals surface area contributed by atoms with Gasteiger partial charge in [-0.3, -0.25) is 4.68 Å². The highest BCUT2D eigenvalue weighted by Crippen LogP contribution is 2.16. The molecule has 2 heterocycles. The van der Waals surface area contributed by atoms with E-state index in [4.69, 9.17) is 0 Å². The lowest BCUT2D eigenvalue weighted by Crippen LogP contribution is -1.92. The molecule has 0 fully saturated rings. The van der Waals surface area contributed by atoms with E-state index >= 15 is 0 Å². The second-order valence-corrected chi connectivity index (χ2v) is 3.19. The van der Waals surface area contributed by atoms with E-state index < -0.39 is 0 Å². The van der Waals surface area contributed by atoms with Gasteiger partial charge in [-0.25, -0.2) is 0 Å². The van der Waals surface area contributed by atoms with Crippen LogP contribution in [0.25, 0.3) is 11.4 Å². The van der Waals surface area contributed by atoms with Gasteiger partial charge < -0.3 is 0 Å². The van der Waals surface area contributed by atoms with E-state index in [1.807, 2.05) is 30.1 Å². The topological polar surface area (TPSA) is 43.6 Å². The zero-order chi connectivity index (χ0) is 8.55. The molecular weight excluding hydrogens is 172 g/mol. The van der Waals surface area contributed by atoms with Crippen molar-refractivity contribution >= 4 is 11.5 Å². The Kier molecular flexibility index (Phi) is 1.65. The highest BCUT2D eigenvalue weighted by molar-refractivity contribution is 7.03. The molecule has 4 nitrogen and oxygen atoms in total. The molecular formula is C7H8N4S. The van der Waals surface area contributed by atoms with Gasteiger partial charge in [-0.1, -0.05) is 4.49 Å². The molecule has 0 aliphatic rings. The summed E-state index contributed by atoms with van der Waals surface area (Å²) in [5.74, 6) is 0. The summed E-state index contributed by atoms with van der Waals surface area (Å²) in [7, 11) is 1.92. The monoisotopic (exact) mass is 180 g/mol. The first-order valence-electron chi connectivity index (χ1n) is 3.55. The molecule has 0 spiro atoms. The Hall–Kier alpha value is -1.23. The molecule has 2 rings (SSSR count). The zero-order valence-corrected chi connectivity index (χ0v) is 7.67. The van der Waals surface area contributed by atoms with Crippen molar-refractivity contribution in [3.63, 3.8) is 0 Å². The maximum Gasteiger partial charge on any atom is 0.126 e. The first kappa shape index (κ1) is 7.42. The SMILES string of the molecule is Cc1cc(-c2csnn2)nn1C. The van der Waals surface area contributed by atoms with E-state index in [-0.39, 0.29) is 0 Å². The van der Waals surface area contributed by atoms with Crippen LogP contribution in [0.5, 0.6) is 0 Å². The van der Waals surface area contributed by atoms with Crippen LogP contribution in [0.3, 0.4) is 0 Å². The van der Waals surface area contributed by atoms with Crippen molar-refractivity contribution in [1.29, 1.82) is 0 Å². The summed E-state index contributed by atoms with van der Waals surface area (Å²) in [5.41, 5.74) is 2.87. The van der Waals surface area contributed by atoms with Crippen molar-refractivity contribution in [2.75, 3.05) is 0 Å². The highest BCUT2D eigenvalue weighted by Gasteiger charge is 2.05. The summed E-state index contributed by atoms with van der Waals surface area (Å²) in [6.07, 6.45) is 0. The summed E-state index contributed by atoms with van der Waals surface area (Å²) >= 11 is 1.34. The van der Waals surface area contributed by atoms with Crippen molar-refractivity contribution in [2.45, 2.75) is 6.92 Å². The normalized spacial score (nSPS) is 10.5. The van der Waals surface area contributed by atoms with Gasteiger partial charge in [-0.2, -0.15) is 5.10 Å². The molecule has 5 heteroatoms. The zero-order valence-electron chi connectivity index (χ0n) is 6.85. The summed E-state index contributed by atoms with van der Waals surface area (Å²) < 4.78 is 5.61. The van der Waals surface area contributed by atoms with Crippen LogP contribution in [0.2, 0.25) is 0 Å². The summed E-state index contributed by atoms with van der Waals surface area (Å²) in [5, 5.41) is 10.1. The van der Waals surface area contributed by atoms with Gasteiger partial charge in [0.2, 0.25) is 0 Å². The molecule has 0 aliphatic carbocycles. The number of hydrogen-bond acceptors (Lipinski definition) is 4. The molecule has 0 saturated carbocycles. The van der Waals surface area contributed by atoms with Crippen molar-refractivity contribution in [1.82, 2.24) is 19.4 Å². The first-order valence-corrected chi connectivity index (χ1v) is 4.39. The van der Waals surface area contributed by atoms with Crippen molar-refractivity contribution < 1.29 is 0 Å². The van der Waals surface area contributed by atoms with E-state index in [0.29, 0.717) is 0 Å². The summed E-state index contributed by atoms with van der Waals surface area (Å²) in [6, 6.07) is 2.00. The van der Waals surface area contributed by atoms with Crippen molar-refractivity contribution in [3.8, 4) is 11.4 Å². The van der Waals surface area contributed by atoms with Gasteiger partial charge in [0, 0.05) is 18.1 Å². The van der Waals surface area contributed by atoms with Crippen LogP contribution in [0, 0.1) is 6.92 Å². The summed E-state index contributed by atoms with van der Waals surface area (Å²) in [6.45, 7) is 2.01. The van der Waals surface area contributed by atoms with Crippen LogP contribution >= 0.6 is 11.5 Å². The Morgan fingerprint density at radius 2 is 2.25 bits per heavy atom. The minimum Gasteiger partial charge on any atom is -0.272 e. The standard InChI is InChI=1S/C7H8N4S/c1-5-3-6(9-11(5)2)7-4-12-10-8-7/h3-4H,1-2H3. The van der Waals surface area contributed by atoms with Gasteiger partial charge in [-0.15, -0.1) is 5.10 Å². The largest absolute Gasteiger partial charge is 0.272 e. The van der Waals surface area contributed by atoms with Crippen LogP contribution in [0.1, 0.15) is 5.69 Å². The minimum absolute atomic E-state index is 0.851. The Morgan fingerprint density at radius 1 is 1.42 bits per heavy atom. The van der Waals surface area contributed by atoms with E-state index in [0.717, 1.165) is 17.1 Å². The maximum atomic E-state index is 4.27. The van der Waals surface area contributed by atoms with Gasteiger partial charge in [0.25, 0.3) is 0 Å². The van der Waals surface area contributed by atoms with Crippen LogP contribution in [0.15, 0.2) is 11.4 Å². The third-order valence-electron chi connectivity index (χ3n) is 1.74. The maximum absolute atomic E-state index is 4.27. The quantitative estimate of drug-likeness (QED) is 0.663. The fourth-order valence-corrected chi connectivity index (χ4v) is 1.41. The third kappa shape index (κ3) is 1.12. The Labute approximate surface area is 74.0 Å². The number of aryl methyl sites for hydroxylation is 2. The molecule has 0 amide bonds. The lowest BCUT2D eigenvalue weighted by Gasteiger charge is -1.88. The van der Waals surface area contributed by atoms with E-state index in [1.165, 1.54) is 11.5 Å². The second-order valence-electron chi connectivity index (χ2n) is 2.58. The van der Waals surface area contributed by atoms with Crippen molar-refractivity contribution in [3.05, 3.63) is 17.1 Å². The van der Waals surface area contributed by atoms with E-state index in [2.05, 4.69) is 14.7 Å². The Bertz CT molecular complexity index is 357. The fourth-order valence-electron chi connectivity index (χ4n) is 0.962. The van der Waals surface area contributed by atoms with Gasteiger partial charge in [0.15, 0.2) is 0 Å². The lowest BCUT2D eigenvalue weighted by atomic mass is 10.3. The van der Waals surface area contributed by atoms with Gasteiger partial charge in [-0.05, 0) is 24.5 Å². The molecule has 2 aromatic rings.